The minimum absolute atomic E-state index is 0.0598. The summed E-state index contributed by atoms with van der Waals surface area (Å²) in [5.74, 6) is 0. The van der Waals surface area contributed by atoms with Crippen LogP contribution in [0.5, 0.6) is 0 Å². The second kappa shape index (κ2) is 7.22. The van der Waals surface area contributed by atoms with Crippen molar-refractivity contribution in [1.82, 2.24) is 5.32 Å². The normalized spacial score (nSPS) is 16.5. The standard InChI is InChI=1S/C12H27NO3/c1-9(11(15-5)16-6)13-8-10(14)7-12(2,3)4/h9-11,13-14H,7-8H2,1-6H3. The van der Waals surface area contributed by atoms with Gasteiger partial charge in [-0.1, -0.05) is 20.8 Å². The first-order valence-electron chi connectivity index (χ1n) is 5.77. The molecule has 2 unspecified atom stereocenters. The molecule has 2 N–H and O–H groups in total. The maximum Gasteiger partial charge on any atom is 0.171 e. The molecule has 98 valence electrons. The maximum absolute atomic E-state index is 9.82. The van der Waals surface area contributed by atoms with Crippen LogP contribution in [-0.2, 0) is 9.47 Å². The third-order valence-electron chi connectivity index (χ3n) is 2.40. The Kier molecular flexibility index (Phi) is 7.15. The lowest BCUT2D eigenvalue weighted by atomic mass is 9.89. The molecule has 0 aromatic rings. The van der Waals surface area contributed by atoms with E-state index < -0.39 is 0 Å². The molecule has 0 fully saturated rings. The molecule has 0 aliphatic rings. The van der Waals surface area contributed by atoms with Gasteiger partial charge in [0.2, 0.25) is 0 Å². The third-order valence-corrected chi connectivity index (χ3v) is 2.40. The van der Waals surface area contributed by atoms with Crippen molar-refractivity contribution in [3.8, 4) is 0 Å². The number of rotatable bonds is 7. The van der Waals surface area contributed by atoms with Crippen molar-refractivity contribution in [1.29, 1.82) is 0 Å². The van der Waals surface area contributed by atoms with Gasteiger partial charge in [-0.15, -0.1) is 0 Å². The van der Waals surface area contributed by atoms with Gasteiger partial charge in [-0.25, -0.2) is 0 Å². The lowest BCUT2D eigenvalue weighted by Crippen LogP contribution is -2.43. The van der Waals surface area contributed by atoms with Crippen molar-refractivity contribution in [2.24, 2.45) is 5.41 Å². The van der Waals surface area contributed by atoms with E-state index in [-0.39, 0.29) is 23.9 Å². The Labute approximate surface area is 99.3 Å². The van der Waals surface area contributed by atoms with Gasteiger partial charge < -0.3 is 19.9 Å². The van der Waals surface area contributed by atoms with Crippen LogP contribution in [0.1, 0.15) is 34.1 Å². The van der Waals surface area contributed by atoms with Gasteiger partial charge in [0.25, 0.3) is 0 Å². The van der Waals surface area contributed by atoms with Gasteiger partial charge in [0.15, 0.2) is 6.29 Å². The molecule has 16 heavy (non-hydrogen) atoms. The fourth-order valence-corrected chi connectivity index (χ4v) is 1.70. The summed E-state index contributed by atoms with van der Waals surface area (Å²) in [6.07, 6.45) is 0.163. The number of methoxy groups -OCH3 is 2. The summed E-state index contributed by atoms with van der Waals surface area (Å²) in [4.78, 5) is 0. The van der Waals surface area contributed by atoms with Crippen molar-refractivity contribution < 1.29 is 14.6 Å². The second-order valence-electron chi connectivity index (χ2n) is 5.46. The van der Waals surface area contributed by atoms with E-state index in [2.05, 4.69) is 26.1 Å². The van der Waals surface area contributed by atoms with E-state index in [1.54, 1.807) is 14.2 Å². The number of hydrogen-bond donors (Lipinski definition) is 2. The number of nitrogens with one attached hydrogen (secondary N) is 1. The molecule has 0 aromatic carbocycles. The Morgan fingerprint density at radius 1 is 1.19 bits per heavy atom. The molecule has 4 heteroatoms. The zero-order valence-corrected chi connectivity index (χ0v) is 11.4. The lowest BCUT2D eigenvalue weighted by Gasteiger charge is -2.26. The van der Waals surface area contributed by atoms with Crippen molar-refractivity contribution in [2.45, 2.75) is 52.6 Å². The van der Waals surface area contributed by atoms with E-state index in [1.165, 1.54) is 0 Å². The molecule has 2 atom stereocenters. The van der Waals surface area contributed by atoms with Gasteiger partial charge in [0.1, 0.15) is 0 Å². The van der Waals surface area contributed by atoms with Crippen LogP contribution < -0.4 is 5.32 Å². The van der Waals surface area contributed by atoms with Gasteiger partial charge in [-0.05, 0) is 18.8 Å². The SMILES string of the molecule is COC(OC)C(C)NCC(O)CC(C)(C)C. The van der Waals surface area contributed by atoms with E-state index in [9.17, 15) is 5.11 Å². The first kappa shape index (κ1) is 15.8. The fraction of sp³-hybridized carbons (Fsp3) is 1.00. The number of ether oxygens (including phenoxy) is 2. The molecule has 0 amide bonds. The molecule has 0 rings (SSSR count). The summed E-state index contributed by atoms with van der Waals surface area (Å²) < 4.78 is 10.3. The van der Waals surface area contributed by atoms with Crippen molar-refractivity contribution in [3.05, 3.63) is 0 Å². The molecule has 0 aliphatic heterocycles. The second-order valence-corrected chi connectivity index (χ2v) is 5.46. The van der Waals surface area contributed by atoms with Gasteiger partial charge in [-0.3, -0.25) is 0 Å². The maximum atomic E-state index is 9.82. The van der Waals surface area contributed by atoms with E-state index in [1.807, 2.05) is 6.92 Å². The Bertz CT molecular complexity index is 176. The summed E-state index contributed by atoms with van der Waals surface area (Å²) in [5.41, 5.74) is 0.145. The van der Waals surface area contributed by atoms with E-state index in [0.717, 1.165) is 6.42 Å². The van der Waals surface area contributed by atoms with Crippen LogP contribution in [0, 0.1) is 5.41 Å². The summed E-state index contributed by atoms with van der Waals surface area (Å²) in [6, 6.07) is 0.0598. The highest BCUT2D eigenvalue weighted by atomic mass is 16.7. The predicted octanol–water partition coefficient (Wildman–Crippen LogP) is 1.38. The Balaban J connectivity index is 3.86. The fourth-order valence-electron chi connectivity index (χ4n) is 1.70. The van der Waals surface area contributed by atoms with Crippen LogP contribution in [0.15, 0.2) is 0 Å². The molecule has 0 saturated heterocycles. The van der Waals surface area contributed by atoms with Crippen molar-refractivity contribution in [3.63, 3.8) is 0 Å². The summed E-state index contributed by atoms with van der Waals surface area (Å²) >= 11 is 0. The molecule has 0 spiro atoms. The number of aliphatic hydroxyl groups is 1. The highest BCUT2D eigenvalue weighted by molar-refractivity contribution is 4.73. The lowest BCUT2D eigenvalue weighted by molar-refractivity contribution is -0.120. The zero-order valence-electron chi connectivity index (χ0n) is 11.4. The predicted molar refractivity (Wildman–Crippen MR) is 65.3 cm³/mol. The molecule has 0 radical (unpaired) electrons. The number of hydrogen-bond acceptors (Lipinski definition) is 4. The monoisotopic (exact) mass is 233 g/mol. The minimum Gasteiger partial charge on any atom is -0.392 e. The molecule has 0 bridgehead atoms. The molecular formula is C12H27NO3. The van der Waals surface area contributed by atoms with Crippen molar-refractivity contribution in [2.75, 3.05) is 20.8 Å². The first-order chi connectivity index (χ1) is 7.30. The van der Waals surface area contributed by atoms with Crippen LogP contribution in [-0.4, -0.2) is 44.3 Å². The summed E-state index contributed by atoms with van der Waals surface area (Å²) in [5, 5.41) is 13.0. The molecule has 0 saturated carbocycles. The van der Waals surface area contributed by atoms with Gasteiger partial charge in [0.05, 0.1) is 12.1 Å². The Morgan fingerprint density at radius 3 is 2.06 bits per heavy atom. The van der Waals surface area contributed by atoms with Crippen LogP contribution in [0.2, 0.25) is 0 Å². The average Bonchev–Trinajstić information content (AvgIpc) is 2.14. The third kappa shape index (κ3) is 7.17. The van der Waals surface area contributed by atoms with Crippen LogP contribution in [0.3, 0.4) is 0 Å². The van der Waals surface area contributed by atoms with E-state index in [4.69, 9.17) is 9.47 Å². The molecule has 0 heterocycles. The van der Waals surface area contributed by atoms with Gasteiger partial charge in [0, 0.05) is 20.8 Å². The van der Waals surface area contributed by atoms with Crippen LogP contribution in [0.25, 0.3) is 0 Å². The van der Waals surface area contributed by atoms with Crippen LogP contribution >= 0.6 is 0 Å². The highest BCUT2D eigenvalue weighted by Gasteiger charge is 2.19. The van der Waals surface area contributed by atoms with E-state index >= 15 is 0 Å². The molecule has 4 nitrogen and oxygen atoms in total. The summed E-state index contributed by atoms with van der Waals surface area (Å²) in [6.45, 7) is 8.88. The topological polar surface area (TPSA) is 50.7 Å². The molecule has 0 aliphatic carbocycles. The Hall–Kier alpha value is -0.160. The smallest absolute Gasteiger partial charge is 0.171 e. The number of aliphatic hydroxyl groups excluding tert-OH is 1. The largest absolute Gasteiger partial charge is 0.392 e. The quantitative estimate of drug-likeness (QED) is 0.652. The minimum atomic E-state index is -0.336. The Morgan fingerprint density at radius 2 is 1.69 bits per heavy atom. The van der Waals surface area contributed by atoms with Gasteiger partial charge in [-0.2, -0.15) is 0 Å². The average molecular weight is 233 g/mol. The van der Waals surface area contributed by atoms with Crippen LogP contribution in [0.4, 0.5) is 0 Å². The van der Waals surface area contributed by atoms with E-state index in [0.29, 0.717) is 6.54 Å². The summed E-state index contributed by atoms with van der Waals surface area (Å²) in [7, 11) is 3.22. The molecular weight excluding hydrogens is 206 g/mol. The van der Waals surface area contributed by atoms with Gasteiger partial charge >= 0.3 is 0 Å². The highest BCUT2D eigenvalue weighted by Crippen LogP contribution is 2.20. The first-order valence-corrected chi connectivity index (χ1v) is 5.77. The molecule has 0 aromatic heterocycles. The van der Waals surface area contributed by atoms with Crippen molar-refractivity contribution >= 4 is 0 Å². The zero-order chi connectivity index (χ0) is 12.8.